The molecule has 0 radical (unpaired) electrons. The van der Waals surface area contributed by atoms with Crippen LogP contribution in [0.2, 0.25) is 0 Å². The Morgan fingerprint density at radius 1 is 1.41 bits per heavy atom. The van der Waals surface area contributed by atoms with Crippen molar-refractivity contribution in [2.45, 2.75) is 6.42 Å². The Morgan fingerprint density at radius 2 is 2.06 bits per heavy atom. The van der Waals surface area contributed by atoms with Crippen LogP contribution in [0.15, 0.2) is 6.07 Å². The Hall–Kier alpha value is -1.44. The Labute approximate surface area is 98.0 Å². The van der Waals surface area contributed by atoms with E-state index in [1.807, 2.05) is 0 Å². The second-order valence-electron chi connectivity index (χ2n) is 3.60. The van der Waals surface area contributed by atoms with Crippen LogP contribution < -0.4 is 11.1 Å². The molecule has 0 bridgehead atoms. The van der Waals surface area contributed by atoms with Gasteiger partial charge in [-0.1, -0.05) is 0 Å². The molecule has 1 aromatic heterocycles. The fraction of sp³-hybridized carbons (Fsp3) is 0.444. The molecule has 0 spiro atoms. The first kappa shape index (κ1) is 13.6. The van der Waals surface area contributed by atoms with Crippen LogP contribution in [0.25, 0.3) is 0 Å². The predicted molar refractivity (Wildman–Crippen MR) is 61.4 cm³/mol. The minimum atomic E-state index is -3.04. The standard InChI is InChI=1S/C9H13F2N3O2S/c1-17(15,16)4-2-3-13-9-7(11)5-6(10)8(12)14-9/h5H,2-4H2,1H3,(H3,12,13,14). The summed E-state index contributed by atoms with van der Waals surface area (Å²) in [5.41, 5.74) is 5.17. The molecule has 0 aliphatic heterocycles. The number of hydrogen-bond donors (Lipinski definition) is 2. The molecule has 1 rings (SSSR count). The lowest BCUT2D eigenvalue weighted by Crippen LogP contribution is -2.12. The van der Waals surface area contributed by atoms with Gasteiger partial charge in [0, 0.05) is 18.9 Å². The number of rotatable bonds is 5. The van der Waals surface area contributed by atoms with E-state index in [1.165, 1.54) is 0 Å². The predicted octanol–water partition coefficient (Wildman–Crippen LogP) is 0.789. The molecule has 17 heavy (non-hydrogen) atoms. The number of sulfone groups is 1. The molecular weight excluding hydrogens is 252 g/mol. The van der Waals surface area contributed by atoms with Crippen molar-refractivity contribution in [2.24, 2.45) is 0 Å². The highest BCUT2D eigenvalue weighted by atomic mass is 32.2. The molecule has 0 saturated heterocycles. The molecule has 0 fully saturated rings. The third-order valence-electron chi connectivity index (χ3n) is 1.94. The normalized spacial score (nSPS) is 11.5. The fourth-order valence-corrected chi connectivity index (χ4v) is 1.81. The molecule has 0 aliphatic rings. The lowest BCUT2D eigenvalue weighted by atomic mass is 10.4. The summed E-state index contributed by atoms with van der Waals surface area (Å²) in [6, 6.07) is 0.626. The van der Waals surface area contributed by atoms with Crippen molar-refractivity contribution >= 4 is 21.5 Å². The van der Waals surface area contributed by atoms with Crippen LogP contribution in [0.5, 0.6) is 0 Å². The van der Waals surface area contributed by atoms with E-state index in [0.29, 0.717) is 12.5 Å². The van der Waals surface area contributed by atoms with Gasteiger partial charge >= 0.3 is 0 Å². The highest BCUT2D eigenvalue weighted by Gasteiger charge is 2.09. The molecule has 3 N–H and O–H groups in total. The number of pyridine rings is 1. The van der Waals surface area contributed by atoms with Crippen LogP contribution in [-0.4, -0.2) is 32.0 Å². The smallest absolute Gasteiger partial charge is 0.168 e. The molecular formula is C9H13F2N3O2S. The number of anilines is 2. The van der Waals surface area contributed by atoms with Gasteiger partial charge in [-0.05, 0) is 6.42 Å². The van der Waals surface area contributed by atoms with Gasteiger partial charge in [-0.2, -0.15) is 0 Å². The maximum atomic E-state index is 13.2. The first-order valence-corrected chi connectivity index (χ1v) is 6.89. The van der Waals surface area contributed by atoms with Crippen molar-refractivity contribution < 1.29 is 17.2 Å². The van der Waals surface area contributed by atoms with Crippen molar-refractivity contribution in [1.29, 1.82) is 0 Å². The van der Waals surface area contributed by atoms with Gasteiger partial charge < -0.3 is 11.1 Å². The minimum Gasteiger partial charge on any atom is -0.381 e. The van der Waals surface area contributed by atoms with Gasteiger partial charge in [-0.25, -0.2) is 22.2 Å². The van der Waals surface area contributed by atoms with Crippen LogP contribution >= 0.6 is 0 Å². The van der Waals surface area contributed by atoms with Crippen molar-refractivity contribution in [3.8, 4) is 0 Å². The molecule has 1 heterocycles. The first-order valence-electron chi connectivity index (χ1n) is 4.83. The van der Waals surface area contributed by atoms with Gasteiger partial charge in [0.05, 0.1) is 5.75 Å². The lowest BCUT2D eigenvalue weighted by Gasteiger charge is -2.07. The molecule has 0 aromatic carbocycles. The van der Waals surface area contributed by atoms with Crippen LogP contribution in [0.4, 0.5) is 20.4 Å². The number of nitrogens with zero attached hydrogens (tertiary/aromatic N) is 1. The molecule has 0 unspecified atom stereocenters. The average molecular weight is 265 g/mol. The van der Waals surface area contributed by atoms with Crippen molar-refractivity contribution in [3.63, 3.8) is 0 Å². The Kier molecular flexibility index (Phi) is 4.22. The summed E-state index contributed by atoms with van der Waals surface area (Å²) in [7, 11) is -3.04. The largest absolute Gasteiger partial charge is 0.381 e. The molecule has 5 nitrogen and oxygen atoms in total. The number of hydrogen-bond acceptors (Lipinski definition) is 5. The van der Waals surface area contributed by atoms with Crippen LogP contribution in [0, 0.1) is 11.6 Å². The van der Waals surface area contributed by atoms with Gasteiger partial charge in [0.25, 0.3) is 0 Å². The van der Waals surface area contributed by atoms with Crippen molar-refractivity contribution in [3.05, 3.63) is 17.7 Å². The number of nitrogens with one attached hydrogen (secondary N) is 1. The van der Waals surface area contributed by atoms with Crippen LogP contribution in [0.3, 0.4) is 0 Å². The van der Waals surface area contributed by atoms with E-state index in [4.69, 9.17) is 5.73 Å². The molecule has 0 atom stereocenters. The van der Waals surface area contributed by atoms with E-state index in [9.17, 15) is 17.2 Å². The van der Waals surface area contributed by atoms with Crippen LogP contribution in [-0.2, 0) is 9.84 Å². The summed E-state index contributed by atoms with van der Waals surface area (Å²) in [6.07, 6.45) is 1.42. The van der Waals surface area contributed by atoms with Gasteiger partial charge in [0.1, 0.15) is 9.84 Å². The summed E-state index contributed by atoms with van der Waals surface area (Å²) < 4.78 is 47.6. The summed E-state index contributed by atoms with van der Waals surface area (Å²) in [5, 5.41) is 2.56. The Balaban J connectivity index is 2.55. The number of aromatic nitrogens is 1. The van der Waals surface area contributed by atoms with Gasteiger partial charge in [-0.3, -0.25) is 0 Å². The molecule has 0 amide bonds. The van der Waals surface area contributed by atoms with E-state index in [1.54, 1.807) is 0 Å². The second-order valence-corrected chi connectivity index (χ2v) is 5.86. The zero-order chi connectivity index (χ0) is 13.1. The fourth-order valence-electron chi connectivity index (χ4n) is 1.15. The maximum absolute atomic E-state index is 13.2. The second kappa shape index (κ2) is 5.26. The van der Waals surface area contributed by atoms with Gasteiger partial charge in [0.2, 0.25) is 0 Å². The van der Waals surface area contributed by atoms with E-state index >= 15 is 0 Å². The SMILES string of the molecule is CS(=O)(=O)CCCNc1nc(N)c(F)cc1F. The zero-order valence-electron chi connectivity index (χ0n) is 9.20. The highest BCUT2D eigenvalue weighted by molar-refractivity contribution is 7.90. The topological polar surface area (TPSA) is 85.1 Å². The first-order chi connectivity index (χ1) is 7.79. The van der Waals surface area contributed by atoms with Crippen LogP contribution in [0.1, 0.15) is 6.42 Å². The molecule has 0 saturated carbocycles. The lowest BCUT2D eigenvalue weighted by molar-refractivity contribution is 0.579. The van der Waals surface area contributed by atoms with Crippen molar-refractivity contribution in [2.75, 3.05) is 29.6 Å². The highest BCUT2D eigenvalue weighted by Crippen LogP contribution is 2.16. The number of nitrogens with two attached hydrogens (primary N) is 1. The molecule has 8 heteroatoms. The molecule has 0 aliphatic carbocycles. The number of halogens is 2. The average Bonchev–Trinajstić information content (AvgIpc) is 2.18. The monoisotopic (exact) mass is 265 g/mol. The zero-order valence-corrected chi connectivity index (χ0v) is 10.0. The minimum absolute atomic E-state index is 0.0156. The van der Waals surface area contributed by atoms with Gasteiger partial charge in [0.15, 0.2) is 23.3 Å². The quantitative estimate of drug-likeness (QED) is 0.769. The summed E-state index contributed by atoms with van der Waals surface area (Å²) in [4.78, 5) is 3.47. The third kappa shape index (κ3) is 4.51. The Morgan fingerprint density at radius 3 is 2.65 bits per heavy atom. The van der Waals surface area contributed by atoms with E-state index in [2.05, 4.69) is 10.3 Å². The third-order valence-corrected chi connectivity index (χ3v) is 2.97. The Bertz CT molecular complexity index is 505. The molecule has 96 valence electrons. The summed E-state index contributed by atoms with van der Waals surface area (Å²) in [5.74, 6) is -2.40. The summed E-state index contributed by atoms with van der Waals surface area (Å²) >= 11 is 0. The maximum Gasteiger partial charge on any atom is 0.168 e. The summed E-state index contributed by atoms with van der Waals surface area (Å²) in [6.45, 7) is 0.210. The number of nitrogen functional groups attached to an aromatic ring is 1. The molecule has 1 aromatic rings. The van der Waals surface area contributed by atoms with E-state index in [0.717, 1.165) is 6.26 Å². The van der Waals surface area contributed by atoms with E-state index in [-0.39, 0.29) is 18.1 Å². The van der Waals surface area contributed by atoms with Gasteiger partial charge in [-0.15, -0.1) is 0 Å². The van der Waals surface area contributed by atoms with Crippen molar-refractivity contribution in [1.82, 2.24) is 4.98 Å². The van der Waals surface area contributed by atoms with E-state index < -0.39 is 27.3 Å².